The van der Waals surface area contributed by atoms with E-state index < -0.39 is 11.9 Å². The molecule has 14 heavy (non-hydrogen) atoms. The van der Waals surface area contributed by atoms with Crippen LogP contribution in [0.5, 0.6) is 0 Å². The van der Waals surface area contributed by atoms with Gasteiger partial charge in [0.25, 0.3) is 0 Å². The monoisotopic (exact) mass is 195 g/mol. The number of hydrogen-bond acceptors (Lipinski definition) is 3. The van der Waals surface area contributed by atoms with Gasteiger partial charge >= 0.3 is 5.97 Å². The van der Waals surface area contributed by atoms with Crippen LogP contribution in [-0.2, 0) is 11.4 Å². The lowest BCUT2D eigenvalue weighted by atomic mass is 9.97. The molecule has 1 rings (SSSR count). The van der Waals surface area contributed by atoms with Crippen molar-refractivity contribution in [2.45, 2.75) is 25.9 Å². The summed E-state index contributed by atoms with van der Waals surface area (Å²) >= 11 is 0. The number of pyridine rings is 1. The van der Waals surface area contributed by atoms with Gasteiger partial charge in [-0.25, -0.2) is 0 Å². The van der Waals surface area contributed by atoms with E-state index in [0.717, 1.165) is 0 Å². The average Bonchev–Trinajstić information content (AvgIpc) is 2.19. The minimum Gasteiger partial charge on any atom is -0.481 e. The maximum atomic E-state index is 10.8. The van der Waals surface area contributed by atoms with Crippen molar-refractivity contribution in [3.8, 4) is 0 Å². The third kappa shape index (κ3) is 2.29. The second kappa shape index (κ2) is 4.72. The van der Waals surface area contributed by atoms with Crippen molar-refractivity contribution < 1.29 is 15.0 Å². The fraction of sp³-hybridized carbons (Fsp3) is 0.400. The molecule has 0 bridgehead atoms. The number of aliphatic carboxylic acids is 1. The van der Waals surface area contributed by atoms with Crippen LogP contribution in [0.15, 0.2) is 18.3 Å². The standard InChI is InChI=1S/C10H13NO3/c1-2-9(10(13)14)7-3-4-11-8(5-7)6-12/h3-5,9,12H,2,6H2,1H3,(H,13,14). The number of hydrogen-bond donors (Lipinski definition) is 2. The van der Waals surface area contributed by atoms with Crippen molar-refractivity contribution >= 4 is 5.97 Å². The summed E-state index contributed by atoms with van der Waals surface area (Å²) in [4.78, 5) is 14.7. The SMILES string of the molecule is CCC(C(=O)O)c1ccnc(CO)c1. The van der Waals surface area contributed by atoms with Crippen LogP contribution in [0.4, 0.5) is 0 Å². The first-order valence-electron chi connectivity index (χ1n) is 4.47. The molecule has 0 aliphatic rings. The van der Waals surface area contributed by atoms with Crippen LogP contribution >= 0.6 is 0 Å². The Balaban J connectivity index is 2.98. The van der Waals surface area contributed by atoms with Gasteiger partial charge in [0.2, 0.25) is 0 Å². The summed E-state index contributed by atoms with van der Waals surface area (Å²) in [5, 5.41) is 17.8. The van der Waals surface area contributed by atoms with Gasteiger partial charge in [-0.05, 0) is 24.1 Å². The molecule has 1 heterocycles. The Bertz CT molecular complexity index is 325. The molecule has 76 valence electrons. The van der Waals surface area contributed by atoms with Gasteiger partial charge in [0, 0.05) is 6.20 Å². The minimum absolute atomic E-state index is 0.163. The van der Waals surface area contributed by atoms with Crippen LogP contribution in [0.1, 0.15) is 30.5 Å². The van der Waals surface area contributed by atoms with Crippen LogP contribution in [0.2, 0.25) is 0 Å². The highest BCUT2D eigenvalue weighted by molar-refractivity contribution is 5.75. The number of carboxylic acid groups (broad SMARTS) is 1. The van der Waals surface area contributed by atoms with E-state index in [-0.39, 0.29) is 6.61 Å². The number of rotatable bonds is 4. The van der Waals surface area contributed by atoms with E-state index >= 15 is 0 Å². The van der Waals surface area contributed by atoms with Crippen molar-refractivity contribution in [1.82, 2.24) is 4.98 Å². The van der Waals surface area contributed by atoms with Gasteiger partial charge in [0.1, 0.15) is 0 Å². The van der Waals surface area contributed by atoms with Gasteiger partial charge in [-0.2, -0.15) is 0 Å². The second-order valence-electron chi connectivity index (χ2n) is 3.04. The van der Waals surface area contributed by atoms with Crippen molar-refractivity contribution in [3.63, 3.8) is 0 Å². The summed E-state index contributed by atoms with van der Waals surface area (Å²) in [6.07, 6.45) is 2.05. The molecule has 1 atom stereocenters. The van der Waals surface area contributed by atoms with E-state index in [2.05, 4.69) is 4.98 Å². The second-order valence-corrected chi connectivity index (χ2v) is 3.04. The van der Waals surface area contributed by atoms with E-state index in [0.29, 0.717) is 17.7 Å². The van der Waals surface area contributed by atoms with Crippen LogP contribution in [0, 0.1) is 0 Å². The normalized spacial score (nSPS) is 12.4. The molecule has 0 spiro atoms. The summed E-state index contributed by atoms with van der Waals surface area (Å²) in [6.45, 7) is 1.65. The zero-order valence-corrected chi connectivity index (χ0v) is 7.97. The van der Waals surface area contributed by atoms with Crippen LogP contribution in [0.25, 0.3) is 0 Å². The number of carboxylic acids is 1. The number of aromatic nitrogens is 1. The predicted molar refractivity (Wildman–Crippen MR) is 50.8 cm³/mol. The highest BCUT2D eigenvalue weighted by Gasteiger charge is 2.17. The first-order valence-corrected chi connectivity index (χ1v) is 4.47. The van der Waals surface area contributed by atoms with Gasteiger partial charge in [-0.1, -0.05) is 6.92 Å². The fourth-order valence-corrected chi connectivity index (χ4v) is 1.35. The molecule has 1 aromatic rings. The molecule has 0 aliphatic carbocycles. The lowest BCUT2D eigenvalue weighted by molar-refractivity contribution is -0.138. The molecule has 0 aromatic carbocycles. The molecule has 4 nitrogen and oxygen atoms in total. The highest BCUT2D eigenvalue weighted by Crippen LogP contribution is 2.19. The summed E-state index contributed by atoms with van der Waals surface area (Å²) in [6, 6.07) is 3.30. The minimum atomic E-state index is -0.845. The molecule has 0 saturated heterocycles. The summed E-state index contributed by atoms with van der Waals surface area (Å²) in [5.74, 6) is -1.36. The molecular weight excluding hydrogens is 182 g/mol. The number of aliphatic hydroxyl groups is 1. The van der Waals surface area contributed by atoms with Gasteiger partial charge in [-0.3, -0.25) is 9.78 Å². The van der Waals surface area contributed by atoms with Gasteiger partial charge in [0.05, 0.1) is 18.2 Å². The van der Waals surface area contributed by atoms with Crippen molar-refractivity contribution in [2.75, 3.05) is 0 Å². The lowest BCUT2D eigenvalue weighted by Gasteiger charge is -2.10. The fourth-order valence-electron chi connectivity index (χ4n) is 1.35. The predicted octanol–water partition coefficient (Wildman–Crippen LogP) is 1.15. The maximum Gasteiger partial charge on any atom is 0.310 e. The summed E-state index contributed by atoms with van der Waals surface area (Å²) < 4.78 is 0. The molecule has 0 aliphatic heterocycles. The Morgan fingerprint density at radius 2 is 2.36 bits per heavy atom. The highest BCUT2D eigenvalue weighted by atomic mass is 16.4. The lowest BCUT2D eigenvalue weighted by Crippen LogP contribution is -2.11. The van der Waals surface area contributed by atoms with Crippen LogP contribution in [-0.4, -0.2) is 21.2 Å². The summed E-state index contributed by atoms with van der Waals surface area (Å²) in [7, 11) is 0. The quantitative estimate of drug-likeness (QED) is 0.756. The van der Waals surface area contributed by atoms with Crippen molar-refractivity contribution in [1.29, 1.82) is 0 Å². The first kappa shape index (κ1) is 10.7. The van der Waals surface area contributed by atoms with E-state index in [9.17, 15) is 4.79 Å². The maximum absolute atomic E-state index is 10.8. The summed E-state index contributed by atoms with van der Waals surface area (Å²) in [5.41, 5.74) is 1.20. The van der Waals surface area contributed by atoms with E-state index in [1.807, 2.05) is 6.92 Å². The Hall–Kier alpha value is -1.42. The zero-order valence-electron chi connectivity index (χ0n) is 7.97. The third-order valence-electron chi connectivity index (χ3n) is 2.11. The van der Waals surface area contributed by atoms with E-state index in [1.54, 1.807) is 12.1 Å². The molecule has 2 N–H and O–H groups in total. The number of nitrogens with zero attached hydrogens (tertiary/aromatic N) is 1. The molecule has 0 radical (unpaired) electrons. The Labute approximate surface area is 82.2 Å². The van der Waals surface area contributed by atoms with Crippen molar-refractivity contribution in [2.24, 2.45) is 0 Å². The molecule has 1 aromatic heterocycles. The van der Waals surface area contributed by atoms with E-state index in [1.165, 1.54) is 6.20 Å². The number of aliphatic hydroxyl groups excluding tert-OH is 1. The Morgan fingerprint density at radius 3 is 2.86 bits per heavy atom. The largest absolute Gasteiger partial charge is 0.481 e. The van der Waals surface area contributed by atoms with Crippen LogP contribution < -0.4 is 0 Å². The van der Waals surface area contributed by atoms with Gasteiger partial charge < -0.3 is 10.2 Å². The smallest absolute Gasteiger partial charge is 0.310 e. The molecule has 1 unspecified atom stereocenters. The topological polar surface area (TPSA) is 70.4 Å². The van der Waals surface area contributed by atoms with Gasteiger partial charge in [-0.15, -0.1) is 0 Å². The molecule has 4 heteroatoms. The number of carbonyl (C=O) groups is 1. The Morgan fingerprint density at radius 1 is 1.64 bits per heavy atom. The molecular formula is C10H13NO3. The molecule has 0 fully saturated rings. The van der Waals surface area contributed by atoms with Gasteiger partial charge in [0.15, 0.2) is 0 Å². The average molecular weight is 195 g/mol. The zero-order chi connectivity index (χ0) is 10.6. The molecule has 0 amide bonds. The first-order chi connectivity index (χ1) is 6.69. The van der Waals surface area contributed by atoms with Crippen LogP contribution in [0.3, 0.4) is 0 Å². The van der Waals surface area contributed by atoms with Crippen molar-refractivity contribution in [3.05, 3.63) is 29.6 Å². The van der Waals surface area contributed by atoms with E-state index in [4.69, 9.17) is 10.2 Å². The third-order valence-corrected chi connectivity index (χ3v) is 2.11. The molecule has 0 saturated carbocycles. The Kier molecular flexibility index (Phi) is 3.59.